The highest BCUT2D eigenvalue weighted by atomic mass is 79.9. The van der Waals surface area contributed by atoms with Gasteiger partial charge >= 0.3 is 0 Å². The summed E-state index contributed by atoms with van der Waals surface area (Å²) in [6, 6.07) is 18.4. The van der Waals surface area contributed by atoms with Crippen LogP contribution < -0.4 is 9.46 Å². The molecule has 0 atom stereocenters. The van der Waals surface area contributed by atoms with Gasteiger partial charge in [0.1, 0.15) is 17.3 Å². The van der Waals surface area contributed by atoms with Crippen molar-refractivity contribution in [2.75, 3.05) is 4.72 Å². The summed E-state index contributed by atoms with van der Waals surface area (Å²) >= 11 is 3.34. The number of ether oxygens (including phenoxy) is 1. The molecule has 0 spiro atoms. The molecular weight excluding hydrogens is 409 g/mol. The van der Waals surface area contributed by atoms with E-state index in [1.807, 2.05) is 12.1 Å². The molecule has 0 fully saturated rings. The smallest absolute Gasteiger partial charge is 0.261 e. The van der Waals surface area contributed by atoms with Crippen LogP contribution >= 0.6 is 15.9 Å². The molecule has 1 N–H and O–H groups in total. The summed E-state index contributed by atoms with van der Waals surface area (Å²) in [5.74, 6) is 0.726. The van der Waals surface area contributed by atoms with Gasteiger partial charge in [-0.3, -0.25) is 4.72 Å². The standard InChI is InChI=1S/C18H13BrFNO3S/c19-13-1-7-16(8-2-13)24-17-9-11-18(12-10-17)25(22,23)21-15-5-3-14(20)4-6-15/h1-12,21H. The first-order valence-corrected chi connectivity index (χ1v) is 9.52. The number of anilines is 1. The second-order valence-electron chi connectivity index (χ2n) is 5.14. The van der Waals surface area contributed by atoms with Gasteiger partial charge < -0.3 is 4.74 Å². The molecule has 3 rings (SSSR count). The normalized spacial score (nSPS) is 11.1. The fraction of sp³-hybridized carbons (Fsp3) is 0. The minimum Gasteiger partial charge on any atom is -0.457 e. The van der Waals surface area contributed by atoms with Crippen molar-refractivity contribution in [2.24, 2.45) is 0 Å². The van der Waals surface area contributed by atoms with E-state index in [-0.39, 0.29) is 10.6 Å². The minimum absolute atomic E-state index is 0.0833. The van der Waals surface area contributed by atoms with Crippen LogP contribution in [-0.4, -0.2) is 8.42 Å². The van der Waals surface area contributed by atoms with Gasteiger partial charge in [-0.15, -0.1) is 0 Å². The predicted octanol–water partition coefficient (Wildman–Crippen LogP) is 5.18. The van der Waals surface area contributed by atoms with Crippen molar-refractivity contribution in [2.45, 2.75) is 4.90 Å². The van der Waals surface area contributed by atoms with E-state index in [0.29, 0.717) is 11.5 Å². The second-order valence-corrected chi connectivity index (χ2v) is 7.74. The van der Waals surface area contributed by atoms with Crippen LogP contribution in [0.3, 0.4) is 0 Å². The molecule has 0 amide bonds. The number of hydrogen-bond donors (Lipinski definition) is 1. The van der Waals surface area contributed by atoms with Gasteiger partial charge in [-0.05, 0) is 72.8 Å². The molecule has 0 radical (unpaired) electrons. The Morgan fingerprint density at radius 2 is 1.32 bits per heavy atom. The minimum atomic E-state index is -3.76. The molecule has 3 aromatic carbocycles. The van der Waals surface area contributed by atoms with Gasteiger partial charge in [0.15, 0.2) is 0 Å². The Bertz CT molecular complexity index is 957. The zero-order valence-corrected chi connectivity index (χ0v) is 15.2. The molecule has 0 aliphatic heterocycles. The van der Waals surface area contributed by atoms with Crippen LogP contribution in [0.5, 0.6) is 11.5 Å². The molecule has 0 aliphatic carbocycles. The largest absolute Gasteiger partial charge is 0.457 e. The molecule has 4 nitrogen and oxygen atoms in total. The lowest BCUT2D eigenvalue weighted by Crippen LogP contribution is -2.12. The highest BCUT2D eigenvalue weighted by Crippen LogP contribution is 2.25. The molecule has 0 aromatic heterocycles. The van der Waals surface area contributed by atoms with Crippen LogP contribution in [0.1, 0.15) is 0 Å². The molecule has 0 aliphatic rings. The van der Waals surface area contributed by atoms with E-state index in [1.54, 1.807) is 24.3 Å². The Morgan fingerprint density at radius 3 is 1.88 bits per heavy atom. The zero-order chi connectivity index (χ0) is 17.9. The summed E-state index contributed by atoms with van der Waals surface area (Å²) in [4.78, 5) is 0.0833. The summed E-state index contributed by atoms with van der Waals surface area (Å²) in [6.45, 7) is 0. The Kier molecular flexibility index (Phi) is 5.06. The van der Waals surface area contributed by atoms with Gasteiger partial charge in [-0.25, -0.2) is 12.8 Å². The zero-order valence-electron chi connectivity index (χ0n) is 12.8. The van der Waals surface area contributed by atoms with Crippen molar-refractivity contribution >= 4 is 31.6 Å². The van der Waals surface area contributed by atoms with Gasteiger partial charge in [0.25, 0.3) is 10.0 Å². The molecule has 0 heterocycles. The maximum atomic E-state index is 12.9. The van der Waals surface area contributed by atoms with E-state index in [0.717, 1.165) is 4.47 Å². The van der Waals surface area contributed by atoms with E-state index >= 15 is 0 Å². The van der Waals surface area contributed by atoms with Crippen LogP contribution in [0, 0.1) is 5.82 Å². The van der Waals surface area contributed by atoms with Gasteiger partial charge in [-0.1, -0.05) is 15.9 Å². The van der Waals surface area contributed by atoms with Crippen LogP contribution in [0.15, 0.2) is 82.2 Å². The fourth-order valence-electron chi connectivity index (χ4n) is 2.06. The van der Waals surface area contributed by atoms with Crippen molar-refractivity contribution in [3.63, 3.8) is 0 Å². The van der Waals surface area contributed by atoms with Crippen molar-refractivity contribution in [1.82, 2.24) is 0 Å². The molecule has 0 saturated heterocycles. The van der Waals surface area contributed by atoms with Crippen molar-refractivity contribution in [3.05, 3.63) is 83.1 Å². The van der Waals surface area contributed by atoms with Crippen molar-refractivity contribution in [1.29, 1.82) is 0 Å². The quantitative estimate of drug-likeness (QED) is 0.617. The first kappa shape index (κ1) is 17.4. The van der Waals surface area contributed by atoms with Crippen LogP contribution in [0.25, 0.3) is 0 Å². The molecule has 0 saturated carbocycles. The van der Waals surface area contributed by atoms with E-state index in [1.165, 1.54) is 36.4 Å². The lowest BCUT2D eigenvalue weighted by atomic mass is 10.3. The number of nitrogens with one attached hydrogen (secondary N) is 1. The lowest BCUT2D eigenvalue weighted by molar-refractivity contribution is 0.482. The summed E-state index contributed by atoms with van der Waals surface area (Å²) in [6.07, 6.45) is 0. The monoisotopic (exact) mass is 421 g/mol. The Morgan fingerprint density at radius 1 is 0.800 bits per heavy atom. The first-order valence-electron chi connectivity index (χ1n) is 7.24. The third kappa shape index (κ3) is 4.58. The topological polar surface area (TPSA) is 55.4 Å². The van der Waals surface area contributed by atoms with Crippen molar-refractivity contribution in [3.8, 4) is 11.5 Å². The third-order valence-corrected chi connectivity index (χ3v) is 5.21. The molecule has 0 bridgehead atoms. The molecule has 0 unspecified atom stereocenters. The summed E-state index contributed by atoms with van der Waals surface area (Å²) in [5.41, 5.74) is 0.289. The van der Waals surface area contributed by atoms with Gasteiger partial charge in [0, 0.05) is 10.2 Å². The fourth-order valence-corrected chi connectivity index (χ4v) is 3.38. The lowest BCUT2D eigenvalue weighted by Gasteiger charge is -2.09. The molecular formula is C18H13BrFNO3S. The Balaban J connectivity index is 1.74. The number of sulfonamides is 1. The van der Waals surface area contributed by atoms with E-state index in [2.05, 4.69) is 20.7 Å². The van der Waals surface area contributed by atoms with Crippen LogP contribution in [0.4, 0.5) is 10.1 Å². The maximum absolute atomic E-state index is 12.9. The van der Waals surface area contributed by atoms with Gasteiger partial charge in [-0.2, -0.15) is 0 Å². The predicted molar refractivity (Wildman–Crippen MR) is 97.9 cm³/mol. The maximum Gasteiger partial charge on any atom is 0.261 e. The number of halogens is 2. The number of benzene rings is 3. The average Bonchev–Trinajstić information content (AvgIpc) is 2.59. The number of rotatable bonds is 5. The van der Waals surface area contributed by atoms with Crippen LogP contribution in [-0.2, 0) is 10.0 Å². The van der Waals surface area contributed by atoms with Crippen molar-refractivity contribution < 1.29 is 17.5 Å². The Labute approximate surface area is 153 Å². The van der Waals surface area contributed by atoms with Crippen LogP contribution in [0.2, 0.25) is 0 Å². The third-order valence-electron chi connectivity index (χ3n) is 3.28. The summed E-state index contributed by atoms with van der Waals surface area (Å²) in [5, 5.41) is 0. The summed E-state index contributed by atoms with van der Waals surface area (Å²) in [7, 11) is -3.76. The van der Waals surface area contributed by atoms with Gasteiger partial charge in [0.05, 0.1) is 4.90 Å². The molecule has 128 valence electrons. The molecule has 25 heavy (non-hydrogen) atoms. The first-order chi connectivity index (χ1) is 11.9. The van der Waals surface area contributed by atoms with E-state index in [4.69, 9.17) is 4.74 Å². The highest BCUT2D eigenvalue weighted by molar-refractivity contribution is 9.10. The SMILES string of the molecule is O=S(=O)(Nc1ccc(F)cc1)c1ccc(Oc2ccc(Br)cc2)cc1. The van der Waals surface area contributed by atoms with E-state index in [9.17, 15) is 12.8 Å². The second kappa shape index (κ2) is 7.25. The molecule has 3 aromatic rings. The van der Waals surface area contributed by atoms with Gasteiger partial charge in [0.2, 0.25) is 0 Å². The summed E-state index contributed by atoms with van der Waals surface area (Å²) < 4.78 is 46.6. The van der Waals surface area contributed by atoms with E-state index < -0.39 is 15.8 Å². The Hall–Kier alpha value is -2.38. The average molecular weight is 422 g/mol. The highest BCUT2D eigenvalue weighted by Gasteiger charge is 2.14. The molecule has 7 heteroatoms. The number of hydrogen-bond acceptors (Lipinski definition) is 3.